The number of anilines is 1. The second kappa shape index (κ2) is 8.76. The second-order valence-corrected chi connectivity index (χ2v) is 8.65. The van der Waals surface area contributed by atoms with Crippen molar-refractivity contribution in [3.63, 3.8) is 0 Å². The summed E-state index contributed by atoms with van der Waals surface area (Å²) in [5.74, 6) is 0.999. The van der Waals surface area contributed by atoms with E-state index in [1.165, 1.54) is 0 Å². The topological polar surface area (TPSA) is 97.6 Å². The van der Waals surface area contributed by atoms with Crippen LogP contribution in [-0.2, 0) is 4.79 Å². The molecule has 2 aromatic heterocycles. The van der Waals surface area contributed by atoms with Gasteiger partial charge in [-0.25, -0.2) is 4.98 Å². The average molecular weight is 431 g/mol. The Morgan fingerprint density at radius 1 is 1.16 bits per heavy atom. The van der Waals surface area contributed by atoms with Gasteiger partial charge in [0, 0.05) is 27.8 Å². The van der Waals surface area contributed by atoms with Gasteiger partial charge in [0.15, 0.2) is 0 Å². The van der Waals surface area contributed by atoms with Crippen LogP contribution >= 0.6 is 0 Å². The molecule has 3 heterocycles. The summed E-state index contributed by atoms with van der Waals surface area (Å²) < 4.78 is 0. The van der Waals surface area contributed by atoms with E-state index in [0.717, 1.165) is 77.1 Å². The number of aromatic nitrogens is 3. The predicted molar refractivity (Wildman–Crippen MR) is 130 cm³/mol. The second-order valence-electron chi connectivity index (χ2n) is 8.65. The summed E-state index contributed by atoms with van der Waals surface area (Å²) in [6.45, 7) is 6.17. The van der Waals surface area contributed by atoms with Crippen molar-refractivity contribution in [1.82, 2.24) is 25.6 Å². The van der Waals surface area contributed by atoms with Gasteiger partial charge in [-0.1, -0.05) is 13.0 Å². The molecule has 0 saturated carbocycles. The van der Waals surface area contributed by atoms with Gasteiger partial charge in [0.05, 0.1) is 23.1 Å². The van der Waals surface area contributed by atoms with Gasteiger partial charge in [-0.15, -0.1) is 0 Å². The van der Waals surface area contributed by atoms with Crippen molar-refractivity contribution in [3.05, 3.63) is 48.3 Å². The van der Waals surface area contributed by atoms with Gasteiger partial charge in [0.1, 0.15) is 5.82 Å². The molecule has 7 nitrogen and oxygen atoms in total. The third-order valence-corrected chi connectivity index (χ3v) is 6.19. The number of aromatic amines is 2. The molecule has 32 heavy (non-hydrogen) atoms. The molecule has 1 aliphatic heterocycles. The first-order valence-electron chi connectivity index (χ1n) is 11.5. The lowest BCUT2D eigenvalue weighted by molar-refractivity contribution is -0.117. The van der Waals surface area contributed by atoms with Crippen LogP contribution in [0.5, 0.6) is 0 Å². The Morgan fingerprint density at radius 3 is 2.84 bits per heavy atom. The van der Waals surface area contributed by atoms with Crippen molar-refractivity contribution in [2.75, 3.05) is 18.4 Å². The standard InChI is InChI=1S/C25H30N6O/c1-3-10-26-15(2)24-30-20-8-6-16(13-23(20)31-24)22-14-17-12-18(7-9-19(17)29-22)28-25(32)21-5-4-11-27-21/h6-9,12-15,21,26-27,29H,3-5,10-11H2,1-2H3,(H,28,32)(H,30,31)/t15-,21-/m0/s1. The first kappa shape index (κ1) is 20.7. The summed E-state index contributed by atoms with van der Waals surface area (Å²) in [4.78, 5) is 24.1. The van der Waals surface area contributed by atoms with E-state index >= 15 is 0 Å². The van der Waals surface area contributed by atoms with Crippen molar-refractivity contribution in [2.24, 2.45) is 0 Å². The number of nitrogens with one attached hydrogen (secondary N) is 5. The summed E-state index contributed by atoms with van der Waals surface area (Å²) in [6.07, 6.45) is 3.04. The van der Waals surface area contributed by atoms with Crippen LogP contribution in [-0.4, -0.2) is 40.0 Å². The van der Waals surface area contributed by atoms with Crippen LogP contribution in [0.2, 0.25) is 0 Å². The Labute approximate surface area is 187 Å². The summed E-state index contributed by atoms with van der Waals surface area (Å²) >= 11 is 0. The molecule has 2 atom stereocenters. The van der Waals surface area contributed by atoms with Crippen molar-refractivity contribution in [2.45, 2.75) is 45.2 Å². The molecule has 5 N–H and O–H groups in total. The highest BCUT2D eigenvalue weighted by Gasteiger charge is 2.22. The molecule has 0 aliphatic carbocycles. The summed E-state index contributed by atoms with van der Waals surface area (Å²) in [6, 6.07) is 14.5. The molecule has 0 spiro atoms. The molecule has 0 radical (unpaired) electrons. The Bertz CT molecular complexity index is 1250. The van der Waals surface area contributed by atoms with Crippen LogP contribution in [0.15, 0.2) is 42.5 Å². The third kappa shape index (κ3) is 4.13. The van der Waals surface area contributed by atoms with E-state index in [4.69, 9.17) is 4.98 Å². The van der Waals surface area contributed by atoms with Crippen molar-refractivity contribution in [1.29, 1.82) is 0 Å². The normalized spacial score (nSPS) is 17.2. The van der Waals surface area contributed by atoms with Crippen LogP contribution in [0, 0.1) is 0 Å². The minimum absolute atomic E-state index is 0.0417. The quantitative estimate of drug-likeness (QED) is 0.299. The van der Waals surface area contributed by atoms with Gasteiger partial charge >= 0.3 is 0 Å². The molecule has 0 unspecified atom stereocenters. The first-order chi connectivity index (χ1) is 15.6. The Morgan fingerprint density at radius 2 is 2.03 bits per heavy atom. The molecule has 1 saturated heterocycles. The van der Waals surface area contributed by atoms with E-state index < -0.39 is 0 Å². The third-order valence-electron chi connectivity index (χ3n) is 6.19. The Hall–Kier alpha value is -3.16. The zero-order chi connectivity index (χ0) is 22.1. The zero-order valence-electron chi connectivity index (χ0n) is 18.6. The number of nitrogens with zero attached hydrogens (tertiary/aromatic N) is 1. The number of rotatable bonds is 7. The highest BCUT2D eigenvalue weighted by atomic mass is 16.2. The number of imidazole rings is 1. The van der Waals surface area contributed by atoms with E-state index in [9.17, 15) is 4.79 Å². The van der Waals surface area contributed by atoms with E-state index in [1.807, 2.05) is 18.2 Å². The average Bonchev–Trinajstić information content (AvgIpc) is 3.55. The van der Waals surface area contributed by atoms with Crippen LogP contribution in [0.1, 0.15) is 45.0 Å². The molecule has 1 fully saturated rings. The maximum absolute atomic E-state index is 12.4. The van der Waals surface area contributed by atoms with Crippen molar-refractivity contribution >= 4 is 33.5 Å². The van der Waals surface area contributed by atoms with Gasteiger partial charge < -0.3 is 25.9 Å². The molecule has 0 bridgehead atoms. The maximum atomic E-state index is 12.4. The number of H-pyrrole nitrogens is 2. The minimum atomic E-state index is -0.0853. The van der Waals surface area contributed by atoms with Gasteiger partial charge in [0.2, 0.25) is 5.91 Å². The molecule has 5 rings (SSSR count). The van der Waals surface area contributed by atoms with Gasteiger partial charge in [-0.3, -0.25) is 4.79 Å². The molecule has 7 heteroatoms. The lowest BCUT2D eigenvalue weighted by Gasteiger charge is -2.11. The fourth-order valence-electron chi connectivity index (χ4n) is 4.36. The Kier molecular flexibility index (Phi) is 5.68. The number of hydrogen-bond acceptors (Lipinski definition) is 4. The molecule has 166 valence electrons. The summed E-state index contributed by atoms with van der Waals surface area (Å²) in [7, 11) is 0. The first-order valence-corrected chi connectivity index (χ1v) is 11.5. The minimum Gasteiger partial charge on any atom is -0.355 e. The highest BCUT2D eigenvalue weighted by molar-refractivity contribution is 5.98. The molecular formula is C25H30N6O. The highest BCUT2D eigenvalue weighted by Crippen LogP contribution is 2.29. The Balaban J connectivity index is 1.38. The fourth-order valence-corrected chi connectivity index (χ4v) is 4.36. The van der Waals surface area contributed by atoms with Gasteiger partial charge in [-0.2, -0.15) is 0 Å². The number of carbonyl (C=O) groups is 1. The number of benzene rings is 2. The fraction of sp³-hybridized carbons (Fsp3) is 0.360. The maximum Gasteiger partial charge on any atom is 0.241 e. The lowest BCUT2D eigenvalue weighted by atomic mass is 10.1. The van der Waals surface area contributed by atoms with Crippen molar-refractivity contribution in [3.8, 4) is 11.3 Å². The number of carbonyl (C=O) groups excluding carboxylic acids is 1. The monoisotopic (exact) mass is 430 g/mol. The van der Waals surface area contributed by atoms with E-state index in [0.29, 0.717) is 0 Å². The van der Waals surface area contributed by atoms with E-state index in [-0.39, 0.29) is 18.0 Å². The van der Waals surface area contributed by atoms with Crippen LogP contribution in [0.3, 0.4) is 0 Å². The van der Waals surface area contributed by atoms with Crippen molar-refractivity contribution < 1.29 is 4.79 Å². The molecular weight excluding hydrogens is 400 g/mol. The molecule has 2 aromatic carbocycles. The van der Waals surface area contributed by atoms with Crippen LogP contribution in [0.25, 0.3) is 33.2 Å². The lowest BCUT2D eigenvalue weighted by Crippen LogP contribution is -2.35. The number of hydrogen-bond donors (Lipinski definition) is 5. The SMILES string of the molecule is CCCN[C@@H](C)c1nc2cc(-c3cc4cc(NC(=O)[C@@H]5CCCN5)ccc4[nH]3)ccc2[nH]1. The van der Waals surface area contributed by atoms with Crippen LogP contribution in [0.4, 0.5) is 5.69 Å². The zero-order valence-corrected chi connectivity index (χ0v) is 18.6. The number of fused-ring (bicyclic) bond motifs is 2. The smallest absolute Gasteiger partial charge is 0.241 e. The van der Waals surface area contributed by atoms with Gasteiger partial charge in [-0.05, 0) is 75.7 Å². The molecule has 1 amide bonds. The van der Waals surface area contributed by atoms with Crippen LogP contribution < -0.4 is 16.0 Å². The predicted octanol–water partition coefficient (Wildman–Crippen LogP) is 4.46. The van der Waals surface area contributed by atoms with Gasteiger partial charge in [0.25, 0.3) is 0 Å². The van der Waals surface area contributed by atoms with E-state index in [2.05, 4.69) is 64.0 Å². The molecule has 1 aliphatic rings. The largest absolute Gasteiger partial charge is 0.355 e. The summed E-state index contributed by atoms with van der Waals surface area (Å²) in [5.41, 5.74) is 5.97. The molecule has 4 aromatic rings. The van der Waals surface area contributed by atoms with E-state index in [1.54, 1.807) is 0 Å². The summed E-state index contributed by atoms with van der Waals surface area (Å²) in [5, 5.41) is 10.8. The number of amides is 1.